The van der Waals surface area contributed by atoms with E-state index in [0.29, 0.717) is 18.6 Å². The Bertz CT molecular complexity index is 730. The van der Waals surface area contributed by atoms with Gasteiger partial charge in [-0.3, -0.25) is 14.5 Å². The highest BCUT2D eigenvalue weighted by atomic mass is 16.3. The van der Waals surface area contributed by atoms with Crippen LogP contribution in [0.2, 0.25) is 0 Å². The summed E-state index contributed by atoms with van der Waals surface area (Å²) in [5.41, 5.74) is 1.59. The Balaban J connectivity index is 2.16. The summed E-state index contributed by atoms with van der Waals surface area (Å²) in [7, 11) is 0. The second-order valence-electron chi connectivity index (χ2n) is 4.03. The molecular formula is C13H11N3O3. The minimum atomic E-state index is 0.0110. The van der Waals surface area contributed by atoms with Crippen molar-refractivity contribution < 1.29 is 14.3 Å². The first kappa shape index (κ1) is 11.6. The molecule has 0 aliphatic carbocycles. The number of furan rings is 1. The van der Waals surface area contributed by atoms with Gasteiger partial charge in [0.1, 0.15) is 5.76 Å². The number of hydrogen-bond acceptors (Lipinski definition) is 5. The van der Waals surface area contributed by atoms with E-state index in [1.165, 1.54) is 0 Å². The van der Waals surface area contributed by atoms with Crippen LogP contribution < -0.4 is 0 Å². The Hall–Kier alpha value is -2.47. The first-order valence-electron chi connectivity index (χ1n) is 5.79. The van der Waals surface area contributed by atoms with Crippen molar-refractivity contribution in [3.63, 3.8) is 0 Å². The van der Waals surface area contributed by atoms with E-state index in [4.69, 9.17) is 9.52 Å². The van der Waals surface area contributed by atoms with Crippen molar-refractivity contribution in [1.29, 1.82) is 0 Å². The van der Waals surface area contributed by atoms with Crippen molar-refractivity contribution in [1.82, 2.24) is 14.8 Å². The van der Waals surface area contributed by atoms with Gasteiger partial charge in [-0.2, -0.15) is 5.10 Å². The number of nitrogens with zero attached hydrogens (tertiary/aromatic N) is 3. The topological polar surface area (TPSA) is 81.2 Å². The Morgan fingerprint density at radius 1 is 1.32 bits per heavy atom. The molecule has 0 unspecified atom stereocenters. The molecule has 3 aromatic rings. The maximum Gasteiger partial charge on any atom is 0.185 e. The van der Waals surface area contributed by atoms with Crippen molar-refractivity contribution in [2.45, 2.75) is 6.54 Å². The zero-order chi connectivity index (χ0) is 13.2. The smallest absolute Gasteiger partial charge is 0.185 e. The normalized spacial score (nSPS) is 11.0. The molecule has 6 heteroatoms. The van der Waals surface area contributed by atoms with E-state index >= 15 is 0 Å². The van der Waals surface area contributed by atoms with Gasteiger partial charge < -0.3 is 9.52 Å². The van der Waals surface area contributed by atoms with Crippen molar-refractivity contribution in [3.8, 4) is 11.3 Å². The molecule has 0 bridgehead atoms. The maximum atomic E-state index is 10.7. The molecule has 0 aliphatic rings. The Labute approximate surface area is 108 Å². The largest absolute Gasteiger partial charge is 0.453 e. The van der Waals surface area contributed by atoms with Crippen molar-refractivity contribution in [2.75, 3.05) is 6.61 Å². The predicted octanol–water partition coefficient (Wildman–Crippen LogP) is 1.50. The quantitative estimate of drug-likeness (QED) is 0.716. The number of carbonyl (C=O) groups is 1. The van der Waals surface area contributed by atoms with Gasteiger partial charge in [0.15, 0.2) is 12.0 Å². The second kappa shape index (κ2) is 4.66. The third-order valence-corrected chi connectivity index (χ3v) is 2.89. The minimum Gasteiger partial charge on any atom is -0.453 e. The summed E-state index contributed by atoms with van der Waals surface area (Å²) >= 11 is 0. The standard InChI is InChI=1S/C13H11N3O3/c17-4-3-16-12-7-14-5-11(10(12)6-15-16)13-2-1-9(8-18)19-13/h1-2,5-8,17H,3-4H2. The van der Waals surface area contributed by atoms with Crippen LogP contribution in [-0.2, 0) is 6.54 Å². The number of aliphatic hydroxyl groups is 1. The summed E-state index contributed by atoms with van der Waals surface area (Å²) in [4.78, 5) is 14.8. The van der Waals surface area contributed by atoms with Crippen molar-refractivity contribution in [2.24, 2.45) is 0 Å². The van der Waals surface area contributed by atoms with Gasteiger partial charge in [-0.15, -0.1) is 0 Å². The maximum absolute atomic E-state index is 10.7. The molecule has 96 valence electrons. The lowest BCUT2D eigenvalue weighted by atomic mass is 10.1. The summed E-state index contributed by atoms with van der Waals surface area (Å²) in [5, 5.41) is 14.1. The average Bonchev–Trinajstić information content (AvgIpc) is 3.06. The molecule has 0 aromatic carbocycles. The molecule has 0 spiro atoms. The lowest BCUT2D eigenvalue weighted by Gasteiger charge is -2.01. The van der Waals surface area contributed by atoms with Crippen molar-refractivity contribution >= 4 is 17.2 Å². The van der Waals surface area contributed by atoms with Crippen LogP contribution in [0.25, 0.3) is 22.2 Å². The average molecular weight is 257 g/mol. The molecule has 3 rings (SSSR count). The highest BCUT2D eigenvalue weighted by Gasteiger charge is 2.12. The fraction of sp³-hybridized carbons (Fsp3) is 0.154. The second-order valence-corrected chi connectivity index (χ2v) is 4.03. The molecule has 19 heavy (non-hydrogen) atoms. The van der Waals surface area contributed by atoms with Crippen LogP contribution in [0.5, 0.6) is 0 Å². The number of aldehydes is 1. The first-order chi connectivity index (χ1) is 9.33. The fourth-order valence-electron chi connectivity index (χ4n) is 2.02. The molecule has 0 saturated heterocycles. The van der Waals surface area contributed by atoms with Crippen LogP contribution in [-0.4, -0.2) is 32.8 Å². The zero-order valence-electron chi connectivity index (χ0n) is 9.98. The lowest BCUT2D eigenvalue weighted by Crippen LogP contribution is -2.03. The van der Waals surface area contributed by atoms with Gasteiger partial charge in [0.25, 0.3) is 0 Å². The van der Waals surface area contributed by atoms with Crippen molar-refractivity contribution in [3.05, 3.63) is 36.5 Å². The zero-order valence-corrected chi connectivity index (χ0v) is 9.98. The van der Waals surface area contributed by atoms with E-state index in [-0.39, 0.29) is 12.4 Å². The summed E-state index contributed by atoms with van der Waals surface area (Å²) < 4.78 is 7.08. The molecular weight excluding hydrogens is 246 g/mol. The highest BCUT2D eigenvalue weighted by molar-refractivity contribution is 5.92. The van der Waals surface area contributed by atoms with Crippen LogP contribution in [0, 0.1) is 0 Å². The van der Waals surface area contributed by atoms with Crippen LogP contribution in [0.3, 0.4) is 0 Å². The highest BCUT2D eigenvalue weighted by Crippen LogP contribution is 2.28. The number of pyridine rings is 1. The predicted molar refractivity (Wildman–Crippen MR) is 67.7 cm³/mol. The van der Waals surface area contributed by atoms with Gasteiger partial charge in [0, 0.05) is 17.1 Å². The molecule has 0 aliphatic heterocycles. The number of aromatic nitrogens is 3. The third-order valence-electron chi connectivity index (χ3n) is 2.89. The number of rotatable bonds is 4. The number of aliphatic hydroxyl groups excluding tert-OH is 1. The Morgan fingerprint density at radius 2 is 2.21 bits per heavy atom. The van der Waals surface area contributed by atoms with Gasteiger partial charge in [0.2, 0.25) is 0 Å². The fourth-order valence-corrected chi connectivity index (χ4v) is 2.02. The molecule has 0 radical (unpaired) electrons. The SMILES string of the molecule is O=Cc1ccc(-c2cncc3c2cnn3CCO)o1. The monoisotopic (exact) mass is 257 g/mol. The van der Waals surface area contributed by atoms with Crippen LogP contribution >= 0.6 is 0 Å². The summed E-state index contributed by atoms with van der Waals surface area (Å²) in [6, 6.07) is 3.34. The third kappa shape index (κ3) is 1.92. The van der Waals surface area contributed by atoms with E-state index < -0.39 is 0 Å². The number of carbonyl (C=O) groups excluding carboxylic acids is 1. The summed E-state index contributed by atoms with van der Waals surface area (Å²) in [6.07, 6.45) is 5.71. The van der Waals surface area contributed by atoms with E-state index in [2.05, 4.69) is 10.1 Å². The Kier molecular flexibility index (Phi) is 2.85. The molecule has 0 fully saturated rings. The molecule has 6 nitrogen and oxygen atoms in total. The van der Waals surface area contributed by atoms with Gasteiger partial charge in [-0.05, 0) is 12.1 Å². The molecule has 0 atom stereocenters. The number of fused-ring (bicyclic) bond motifs is 1. The van der Waals surface area contributed by atoms with Crippen LogP contribution in [0.1, 0.15) is 10.6 Å². The number of hydrogen-bond donors (Lipinski definition) is 1. The molecule has 0 amide bonds. The van der Waals surface area contributed by atoms with E-state index in [1.807, 2.05) is 0 Å². The van der Waals surface area contributed by atoms with Gasteiger partial charge >= 0.3 is 0 Å². The molecule has 3 aromatic heterocycles. The molecule has 3 heterocycles. The van der Waals surface area contributed by atoms with Crippen LogP contribution in [0.4, 0.5) is 0 Å². The van der Waals surface area contributed by atoms with E-state index in [9.17, 15) is 4.79 Å². The summed E-state index contributed by atoms with van der Waals surface area (Å²) in [6.45, 7) is 0.420. The summed E-state index contributed by atoms with van der Waals surface area (Å²) in [5.74, 6) is 0.846. The van der Waals surface area contributed by atoms with Crippen LogP contribution in [0.15, 0.2) is 35.1 Å². The molecule has 1 N–H and O–H groups in total. The van der Waals surface area contributed by atoms with E-state index in [0.717, 1.165) is 16.5 Å². The first-order valence-corrected chi connectivity index (χ1v) is 5.79. The lowest BCUT2D eigenvalue weighted by molar-refractivity contribution is 0.110. The van der Waals surface area contributed by atoms with E-state index in [1.54, 1.807) is 35.4 Å². The Morgan fingerprint density at radius 3 is 2.95 bits per heavy atom. The molecule has 0 saturated carbocycles. The van der Waals surface area contributed by atoms with Gasteiger partial charge in [0.05, 0.1) is 31.1 Å². The van der Waals surface area contributed by atoms with Gasteiger partial charge in [-0.25, -0.2) is 0 Å². The van der Waals surface area contributed by atoms with Gasteiger partial charge in [-0.1, -0.05) is 0 Å². The minimum absolute atomic E-state index is 0.0110.